The van der Waals surface area contributed by atoms with Gasteiger partial charge in [0, 0.05) is 40.6 Å². The molecule has 1 saturated heterocycles. The van der Waals surface area contributed by atoms with Gasteiger partial charge in [-0.05, 0) is 77.1 Å². The van der Waals surface area contributed by atoms with Gasteiger partial charge in [-0.1, -0.05) is 107 Å². The molecule has 2 atom stereocenters. The van der Waals surface area contributed by atoms with Crippen molar-refractivity contribution >= 4 is 51.2 Å². The topological polar surface area (TPSA) is 79.0 Å². The predicted molar refractivity (Wildman–Crippen MR) is 198 cm³/mol. The van der Waals surface area contributed by atoms with Crippen LogP contribution in [0.1, 0.15) is 58.1 Å². The average Bonchev–Trinajstić information content (AvgIpc) is 3.14. The summed E-state index contributed by atoms with van der Waals surface area (Å²) >= 11 is 3.52. The lowest BCUT2D eigenvalue weighted by molar-refractivity contribution is -0.122. The van der Waals surface area contributed by atoms with E-state index in [0.29, 0.717) is 23.6 Å². The molecule has 4 amide bonds. The van der Waals surface area contributed by atoms with Crippen molar-refractivity contribution in [2.45, 2.75) is 31.3 Å². The molecule has 3 aliphatic heterocycles. The van der Waals surface area contributed by atoms with Crippen LogP contribution in [0.5, 0.6) is 5.75 Å². The Morgan fingerprint density at radius 2 is 1.32 bits per heavy atom. The van der Waals surface area contributed by atoms with Gasteiger partial charge in [0.15, 0.2) is 0 Å². The highest BCUT2D eigenvalue weighted by atomic mass is 79.9. The van der Waals surface area contributed by atoms with Gasteiger partial charge in [0.1, 0.15) is 17.9 Å². The molecule has 0 spiro atoms. The molecule has 1 fully saturated rings. The number of anilines is 2. The van der Waals surface area contributed by atoms with E-state index in [9.17, 15) is 14.4 Å². The first-order valence-electron chi connectivity index (χ1n) is 16.8. The summed E-state index contributed by atoms with van der Waals surface area (Å²) in [4.78, 5) is 44.9. The minimum atomic E-state index is -0.768. The van der Waals surface area contributed by atoms with Gasteiger partial charge < -0.3 is 9.64 Å². The number of urea groups is 1. The van der Waals surface area contributed by atoms with Crippen molar-refractivity contribution in [3.63, 3.8) is 0 Å². The highest BCUT2D eigenvalue weighted by Gasteiger charge is 2.40. The van der Waals surface area contributed by atoms with Gasteiger partial charge in [0.25, 0.3) is 11.8 Å². The number of amides is 4. The van der Waals surface area contributed by atoms with Crippen LogP contribution in [0.2, 0.25) is 0 Å². The summed E-state index contributed by atoms with van der Waals surface area (Å²) in [6, 6.07) is 39.2. The van der Waals surface area contributed by atoms with Crippen LogP contribution in [-0.4, -0.2) is 30.9 Å². The monoisotopic (exact) mass is 723 g/mol. The van der Waals surface area contributed by atoms with E-state index >= 15 is 0 Å². The van der Waals surface area contributed by atoms with Gasteiger partial charge in [-0.25, -0.2) is 9.69 Å². The zero-order valence-electron chi connectivity index (χ0n) is 27.2. The van der Waals surface area contributed by atoms with E-state index in [2.05, 4.69) is 74.7 Å². The maximum absolute atomic E-state index is 14.4. The van der Waals surface area contributed by atoms with E-state index in [1.807, 2.05) is 60.7 Å². The number of imide groups is 2. The SMILES string of the molecule is O=C1NC(=O)N(c2cc3c4c(c2)[C@H](c2ccccc2)CCN4CC[C@@H]3c2ccccc2)C(=O)/C1=C/c1cc(Br)ccc1OCc1ccccc1. The molecule has 50 heavy (non-hydrogen) atoms. The number of carbonyl (C=O) groups is 3. The molecule has 5 aromatic rings. The lowest BCUT2D eigenvalue weighted by Crippen LogP contribution is -2.54. The van der Waals surface area contributed by atoms with E-state index < -0.39 is 17.8 Å². The average molecular weight is 725 g/mol. The van der Waals surface area contributed by atoms with Crippen LogP contribution in [0.3, 0.4) is 0 Å². The van der Waals surface area contributed by atoms with Crippen LogP contribution >= 0.6 is 15.9 Å². The Morgan fingerprint density at radius 1 is 0.740 bits per heavy atom. The summed E-state index contributed by atoms with van der Waals surface area (Å²) in [5.41, 5.74) is 7.54. The fraction of sp³-hybridized carbons (Fsp3) is 0.167. The van der Waals surface area contributed by atoms with E-state index in [1.54, 1.807) is 12.1 Å². The van der Waals surface area contributed by atoms with Crippen LogP contribution in [0.25, 0.3) is 6.08 Å². The normalized spacial score (nSPS) is 19.3. The number of nitrogens with one attached hydrogen (secondary N) is 1. The van der Waals surface area contributed by atoms with Crippen LogP contribution in [0, 0.1) is 0 Å². The van der Waals surface area contributed by atoms with Crippen LogP contribution < -0.4 is 19.9 Å². The van der Waals surface area contributed by atoms with Crippen LogP contribution in [0.15, 0.2) is 131 Å². The van der Waals surface area contributed by atoms with Gasteiger partial charge in [0.05, 0.1) is 5.69 Å². The fourth-order valence-electron chi connectivity index (χ4n) is 7.51. The van der Waals surface area contributed by atoms with E-state index in [0.717, 1.165) is 52.0 Å². The molecule has 248 valence electrons. The van der Waals surface area contributed by atoms with Gasteiger partial charge in [-0.3, -0.25) is 14.9 Å². The Morgan fingerprint density at radius 3 is 1.92 bits per heavy atom. The number of rotatable bonds is 7. The van der Waals surface area contributed by atoms with Gasteiger partial charge in [0.2, 0.25) is 0 Å². The first-order chi connectivity index (χ1) is 24.4. The molecule has 7 nitrogen and oxygen atoms in total. The van der Waals surface area contributed by atoms with Gasteiger partial charge in [-0.15, -0.1) is 0 Å². The highest BCUT2D eigenvalue weighted by molar-refractivity contribution is 9.10. The Bertz CT molecular complexity index is 2060. The largest absolute Gasteiger partial charge is 0.488 e. The third-order valence-corrected chi connectivity index (χ3v) is 10.4. The number of halogens is 1. The number of ether oxygens (including phenoxy) is 1. The maximum Gasteiger partial charge on any atom is 0.335 e. The minimum Gasteiger partial charge on any atom is -0.488 e. The quantitative estimate of drug-likeness (QED) is 0.135. The molecule has 0 aromatic heterocycles. The Balaban J connectivity index is 1.23. The van der Waals surface area contributed by atoms with Crippen LogP contribution in [0.4, 0.5) is 16.2 Å². The molecule has 5 aromatic carbocycles. The smallest absolute Gasteiger partial charge is 0.335 e. The molecule has 1 N–H and O–H groups in total. The predicted octanol–water partition coefficient (Wildman–Crippen LogP) is 8.57. The molecule has 0 bridgehead atoms. The summed E-state index contributed by atoms with van der Waals surface area (Å²) in [5, 5.41) is 2.44. The maximum atomic E-state index is 14.4. The minimum absolute atomic E-state index is 0.0845. The van der Waals surface area contributed by atoms with Crippen molar-refractivity contribution in [1.29, 1.82) is 0 Å². The van der Waals surface area contributed by atoms with Gasteiger partial charge in [-0.2, -0.15) is 0 Å². The third kappa shape index (κ3) is 6.00. The first-order valence-corrected chi connectivity index (χ1v) is 17.6. The molecular formula is C42H34BrN3O4. The Hall–Kier alpha value is -5.47. The first kappa shape index (κ1) is 31.8. The number of nitrogens with zero attached hydrogens (tertiary/aromatic N) is 2. The van der Waals surface area contributed by atoms with Crippen molar-refractivity contribution < 1.29 is 19.1 Å². The van der Waals surface area contributed by atoms with E-state index in [4.69, 9.17) is 4.74 Å². The van der Waals surface area contributed by atoms with Crippen molar-refractivity contribution in [2.75, 3.05) is 22.9 Å². The van der Waals surface area contributed by atoms with E-state index in [1.165, 1.54) is 22.9 Å². The van der Waals surface area contributed by atoms with E-state index in [-0.39, 0.29) is 17.4 Å². The summed E-state index contributed by atoms with van der Waals surface area (Å²) < 4.78 is 6.90. The molecule has 8 rings (SSSR count). The summed E-state index contributed by atoms with van der Waals surface area (Å²) in [5.74, 6) is -0.762. The second kappa shape index (κ2) is 13.4. The fourth-order valence-corrected chi connectivity index (χ4v) is 7.89. The number of barbiturate groups is 1. The standard InChI is InChI=1S/C42H34BrN3O4/c43-31-16-17-38(50-26-27-10-4-1-5-11-27)30(22-31)23-37-40(47)44-42(49)46(41(37)48)32-24-35-33(28-12-6-2-7-13-28)18-20-45-21-19-34(36(25-32)39(35)45)29-14-8-3-9-15-29/h1-17,22-25,33-34H,18-21,26H2,(H,44,47,49)/b37-23+/t33-,34+. The van der Waals surface area contributed by atoms with Gasteiger partial charge >= 0.3 is 6.03 Å². The lowest BCUT2D eigenvalue weighted by Gasteiger charge is -2.44. The molecule has 0 radical (unpaired) electrons. The second-order valence-electron chi connectivity index (χ2n) is 12.9. The van der Waals surface area contributed by atoms with Crippen molar-refractivity contribution in [1.82, 2.24) is 5.32 Å². The number of benzene rings is 5. The number of hydrogen-bond donors (Lipinski definition) is 1. The highest BCUT2D eigenvalue weighted by Crippen LogP contribution is 2.50. The Labute approximate surface area is 299 Å². The zero-order valence-corrected chi connectivity index (χ0v) is 28.8. The molecule has 8 heteroatoms. The van der Waals surface area contributed by atoms with Crippen LogP contribution in [-0.2, 0) is 16.2 Å². The molecule has 3 aliphatic rings. The summed E-state index contributed by atoms with van der Waals surface area (Å²) in [6.45, 7) is 2.15. The summed E-state index contributed by atoms with van der Waals surface area (Å²) in [7, 11) is 0. The Kier molecular flexibility index (Phi) is 8.54. The number of carbonyl (C=O) groups excluding carboxylic acids is 3. The molecule has 0 saturated carbocycles. The zero-order chi connectivity index (χ0) is 34.2. The third-order valence-electron chi connectivity index (χ3n) is 9.87. The van der Waals surface area contributed by atoms with Crippen molar-refractivity contribution in [2.24, 2.45) is 0 Å². The number of hydrogen-bond acceptors (Lipinski definition) is 5. The second-order valence-corrected chi connectivity index (χ2v) is 13.8. The molecule has 0 aliphatic carbocycles. The van der Waals surface area contributed by atoms with Crippen molar-refractivity contribution in [3.8, 4) is 5.75 Å². The summed E-state index contributed by atoms with van der Waals surface area (Å²) in [6.07, 6.45) is 3.33. The molecular weight excluding hydrogens is 690 g/mol. The molecule has 0 unspecified atom stereocenters. The molecule has 3 heterocycles. The van der Waals surface area contributed by atoms with Crippen molar-refractivity contribution in [3.05, 3.63) is 165 Å². The lowest BCUT2D eigenvalue weighted by atomic mass is 9.76.